The highest BCUT2D eigenvalue weighted by Gasteiger charge is 2.31. The molecular formula is C16H26O4. The number of rotatable bonds is 4. The molecule has 20 heavy (non-hydrogen) atoms. The minimum atomic E-state index is -0.0483. The van der Waals surface area contributed by atoms with Gasteiger partial charge in [0.25, 0.3) is 0 Å². The first kappa shape index (κ1) is 15.5. The van der Waals surface area contributed by atoms with E-state index in [1.807, 2.05) is 0 Å². The molecule has 114 valence electrons. The van der Waals surface area contributed by atoms with Gasteiger partial charge >= 0.3 is 5.97 Å². The zero-order valence-corrected chi connectivity index (χ0v) is 12.6. The van der Waals surface area contributed by atoms with E-state index in [1.54, 1.807) is 14.0 Å². The average molecular weight is 282 g/mol. The summed E-state index contributed by atoms with van der Waals surface area (Å²) in [4.78, 5) is 23.5. The lowest BCUT2D eigenvalue weighted by atomic mass is 9.80. The summed E-state index contributed by atoms with van der Waals surface area (Å²) in [5.41, 5.74) is 0. The highest BCUT2D eigenvalue weighted by atomic mass is 16.5. The van der Waals surface area contributed by atoms with Crippen LogP contribution < -0.4 is 0 Å². The normalized spacial score (nSPS) is 34.5. The fraction of sp³-hybridized carbons (Fsp3) is 0.875. The number of ether oxygens (including phenoxy) is 2. The standard InChI is InChI=1S/C16H26O4/c1-11(17)12-3-5-13(6-4-12)16(18)20-15-9-7-14(19-2)8-10-15/h12-15H,3-10H2,1-2H3. The molecule has 0 N–H and O–H groups in total. The molecule has 0 aromatic heterocycles. The Morgan fingerprint density at radius 1 is 0.800 bits per heavy atom. The van der Waals surface area contributed by atoms with Crippen molar-refractivity contribution in [2.45, 2.75) is 70.5 Å². The van der Waals surface area contributed by atoms with Crippen molar-refractivity contribution in [2.75, 3.05) is 7.11 Å². The van der Waals surface area contributed by atoms with Gasteiger partial charge in [0.15, 0.2) is 0 Å². The molecule has 2 fully saturated rings. The number of esters is 1. The summed E-state index contributed by atoms with van der Waals surface area (Å²) in [6, 6.07) is 0. The number of hydrogen-bond donors (Lipinski definition) is 0. The van der Waals surface area contributed by atoms with Gasteiger partial charge < -0.3 is 9.47 Å². The summed E-state index contributed by atoms with van der Waals surface area (Å²) in [7, 11) is 1.74. The maximum atomic E-state index is 12.2. The summed E-state index contributed by atoms with van der Waals surface area (Å²) < 4.78 is 11.0. The largest absolute Gasteiger partial charge is 0.462 e. The Hall–Kier alpha value is -0.900. The Morgan fingerprint density at radius 3 is 1.80 bits per heavy atom. The van der Waals surface area contributed by atoms with Crippen LogP contribution in [0.4, 0.5) is 0 Å². The number of methoxy groups -OCH3 is 1. The quantitative estimate of drug-likeness (QED) is 0.744. The number of carbonyl (C=O) groups is 2. The van der Waals surface area contributed by atoms with Crippen LogP contribution in [-0.4, -0.2) is 31.1 Å². The first-order valence-electron chi connectivity index (χ1n) is 7.84. The first-order valence-corrected chi connectivity index (χ1v) is 7.84. The van der Waals surface area contributed by atoms with E-state index in [4.69, 9.17) is 9.47 Å². The summed E-state index contributed by atoms with van der Waals surface area (Å²) in [5, 5.41) is 0. The second kappa shape index (κ2) is 7.21. The first-order chi connectivity index (χ1) is 9.60. The van der Waals surface area contributed by atoms with Crippen LogP contribution in [0.1, 0.15) is 58.3 Å². The molecule has 2 aliphatic carbocycles. The van der Waals surface area contributed by atoms with E-state index in [2.05, 4.69) is 0 Å². The molecule has 0 bridgehead atoms. The van der Waals surface area contributed by atoms with Crippen LogP contribution in [0.5, 0.6) is 0 Å². The molecule has 4 nitrogen and oxygen atoms in total. The number of Topliss-reactive ketones (excluding diaryl/α,β-unsaturated/α-hetero) is 1. The van der Waals surface area contributed by atoms with Gasteiger partial charge in [-0.05, 0) is 58.3 Å². The highest BCUT2D eigenvalue weighted by molar-refractivity contribution is 5.79. The fourth-order valence-corrected chi connectivity index (χ4v) is 3.38. The van der Waals surface area contributed by atoms with Gasteiger partial charge in [-0.2, -0.15) is 0 Å². The maximum absolute atomic E-state index is 12.2. The van der Waals surface area contributed by atoms with Crippen LogP contribution >= 0.6 is 0 Å². The van der Waals surface area contributed by atoms with Crippen molar-refractivity contribution in [3.8, 4) is 0 Å². The lowest BCUT2D eigenvalue weighted by Gasteiger charge is -2.30. The maximum Gasteiger partial charge on any atom is 0.309 e. The third-order valence-corrected chi connectivity index (χ3v) is 4.87. The Morgan fingerprint density at radius 2 is 1.30 bits per heavy atom. The third-order valence-electron chi connectivity index (χ3n) is 4.87. The van der Waals surface area contributed by atoms with Crippen molar-refractivity contribution < 1.29 is 19.1 Å². The van der Waals surface area contributed by atoms with Crippen LogP contribution in [0.25, 0.3) is 0 Å². The molecule has 0 amide bonds. The number of ketones is 1. The summed E-state index contributed by atoms with van der Waals surface area (Å²) in [6.45, 7) is 1.65. The van der Waals surface area contributed by atoms with Gasteiger partial charge in [-0.1, -0.05) is 0 Å². The van der Waals surface area contributed by atoms with Crippen LogP contribution in [0, 0.1) is 11.8 Å². The Kier molecular flexibility index (Phi) is 5.58. The smallest absolute Gasteiger partial charge is 0.309 e. The summed E-state index contributed by atoms with van der Waals surface area (Å²) in [5.74, 6) is 0.379. The van der Waals surface area contributed by atoms with E-state index < -0.39 is 0 Å². The van der Waals surface area contributed by atoms with Crippen molar-refractivity contribution in [1.82, 2.24) is 0 Å². The van der Waals surface area contributed by atoms with Gasteiger partial charge in [0.2, 0.25) is 0 Å². The highest BCUT2D eigenvalue weighted by Crippen LogP contribution is 2.31. The lowest BCUT2D eigenvalue weighted by molar-refractivity contribution is -0.158. The molecule has 0 atom stereocenters. The molecule has 0 heterocycles. The number of carbonyl (C=O) groups excluding carboxylic acids is 2. The van der Waals surface area contributed by atoms with E-state index in [-0.39, 0.29) is 29.7 Å². The van der Waals surface area contributed by atoms with Crippen molar-refractivity contribution in [2.24, 2.45) is 11.8 Å². The van der Waals surface area contributed by atoms with E-state index in [9.17, 15) is 9.59 Å². The molecule has 0 aromatic rings. The zero-order chi connectivity index (χ0) is 14.5. The van der Waals surface area contributed by atoms with Gasteiger partial charge in [-0.25, -0.2) is 0 Å². The number of hydrogen-bond acceptors (Lipinski definition) is 4. The molecule has 0 spiro atoms. The Balaban J connectivity index is 1.72. The molecule has 0 unspecified atom stereocenters. The monoisotopic (exact) mass is 282 g/mol. The van der Waals surface area contributed by atoms with Gasteiger partial charge in [-0.3, -0.25) is 9.59 Å². The average Bonchev–Trinajstić information content (AvgIpc) is 2.48. The van der Waals surface area contributed by atoms with Gasteiger partial charge in [0, 0.05) is 13.0 Å². The topological polar surface area (TPSA) is 52.6 Å². The van der Waals surface area contributed by atoms with Gasteiger partial charge in [-0.15, -0.1) is 0 Å². The Bertz CT molecular complexity index is 336. The van der Waals surface area contributed by atoms with Crippen LogP contribution in [0.3, 0.4) is 0 Å². The molecule has 0 radical (unpaired) electrons. The predicted octanol–water partition coefficient (Wildman–Crippen LogP) is 2.88. The molecule has 4 heteroatoms. The Labute approximate surface area is 121 Å². The predicted molar refractivity (Wildman–Crippen MR) is 75.3 cm³/mol. The minimum Gasteiger partial charge on any atom is -0.462 e. The lowest BCUT2D eigenvalue weighted by Crippen LogP contribution is -2.32. The second-order valence-electron chi connectivity index (χ2n) is 6.23. The van der Waals surface area contributed by atoms with Crippen molar-refractivity contribution in [3.63, 3.8) is 0 Å². The van der Waals surface area contributed by atoms with E-state index in [1.165, 1.54) is 0 Å². The van der Waals surface area contributed by atoms with Crippen LogP contribution in [-0.2, 0) is 19.1 Å². The minimum absolute atomic E-state index is 0.00532. The van der Waals surface area contributed by atoms with E-state index in [0.717, 1.165) is 51.4 Å². The van der Waals surface area contributed by atoms with Crippen molar-refractivity contribution in [1.29, 1.82) is 0 Å². The van der Waals surface area contributed by atoms with Crippen molar-refractivity contribution in [3.05, 3.63) is 0 Å². The van der Waals surface area contributed by atoms with Crippen LogP contribution in [0.15, 0.2) is 0 Å². The molecule has 2 rings (SSSR count). The zero-order valence-electron chi connectivity index (χ0n) is 12.6. The van der Waals surface area contributed by atoms with E-state index in [0.29, 0.717) is 6.10 Å². The molecule has 2 saturated carbocycles. The molecule has 0 aromatic carbocycles. The van der Waals surface area contributed by atoms with Crippen molar-refractivity contribution >= 4 is 11.8 Å². The molecule has 0 aliphatic heterocycles. The molecule has 0 saturated heterocycles. The molecule has 2 aliphatic rings. The van der Waals surface area contributed by atoms with Crippen LogP contribution in [0.2, 0.25) is 0 Å². The molecular weight excluding hydrogens is 256 g/mol. The SMILES string of the molecule is COC1CCC(OC(=O)C2CCC(C(C)=O)CC2)CC1. The van der Waals surface area contributed by atoms with Gasteiger partial charge in [0.1, 0.15) is 11.9 Å². The third kappa shape index (κ3) is 4.05. The fourth-order valence-electron chi connectivity index (χ4n) is 3.38. The summed E-state index contributed by atoms with van der Waals surface area (Å²) >= 11 is 0. The van der Waals surface area contributed by atoms with E-state index >= 15 is 0 Å². The van der Waals surface area contributed by atoms with Gasteiger partial charge in [0.05, 0.1) is 12.0 Å². The second-order valence-corrected chi connectivity index (χ2v) is 6.23. The summed E-state index contributed by atoms with van der Waals surface area (Å²) in [6.07, 6.45) is 7.46.